The van der Waals surface area contributed by atoms with Crippen LogP contribution in [0.4, 0.5) is 0 Å². The Balaban J connectivity index is 1.52. The first-order chi connectivity index (χ1) is 16.6. The monoisotopic (exact) mass is 477 g/mol. The number of amides is 1. The molecule has 2 aromatic carbocycles. The Labute approximate surface area is 207 Å². The Morgan fingerprint density at radius 1 is 1.00 bits per heavy atom. The molecule has 1 heterocycles. The van der Waals surface area contributed by atoms with Gasteiger partial charge in [-0.1, -0.05) is 36.4 Å². The number of carbonyl (C=O) groups excluding carboxylic acids is 1. The lowest BCUT2D eigenvalue weighted by molar-refractivity contribution is 0.0351. The minimum Gasteiger partial charge on any atom is -0.359 e. The van der Waals surface area contributed by atoms with Crippen LogP contribution in [0.5, 0.6) is 0 Å². The van der Waals surface area contributed by atoms with Crippen molar-refractivity contribution in [3.63, 3.8) is 0 Å². The zero-order valence-corrected chi connectivity index (χ0v) is 21.2. The molecule has 0 bridgehead atoms. The molecule has 1 atom stereocenters. The van der Waals surface area contributed by atoms with Crippen LogP contribution in [-0.2, 0) is 17.8 Å². The number of aromatic nitrogens is 4. The average molecular weight is 478 g/mol. The van der Waals surface area contributed by atoms with Crippen LogP contribution >= 0.6 is 0 Å². The number of carbonyl (C=O) groups is 1. The highest BCUT2D eigenvalue weighted by Crippen LogP contribution is 2.19. The van der Waals surface area contributed by atoms with E-state index in [0.29, 0.717) is 30.2 Å². The van der Waals surface area contributed by atoms with Crippen molar-refractivity contribution >= 4 is 5.91 Å². The molecule has 9 nitrogen and oxygen atoms in total. The van der Waals surface area contributed by atoms with Gasteiger partial charge in [0.1, 0.15) is 6.23 Å². The first-order valence-electron chi connectivity index (χ1n) is 11.7. The number of ether oxygens (including phenoxy) is 1. The van der Waals surface area contributed by atoms with Gasteiger partial charge in [0.05, 0.1) is 6.61 Å². The summed E-state index contributed by atoms with van der Waals surface area (Å²) in [6.07, 6.45) is 1.12. The smallest absolute Gasteiger partial charge is 0.251 e. The first-order valence-corrected chi connectivity index (χ1v) is 11.7. The number of rotatable bonds is 11. The molecular formula is C26H35N7O2. The summed E-state index contributed by atoms with van der Waals surface area (Å²) in [6, 6.07) is 15.3. The summed E-state index contributed by atoms with van der Waals surface area (Å²) in [5, 5.41) is 19.2. The van der Waals surface area contributed by atoms with Crippen molar-refractivity contribution < 1.29 is 9.53 Å². The van der Waals surface area contributed by atoms with Crippen LogP contribution in [0.1, 0.15) is 47.6 Å². The minimum atomic E-state index is -0.441. The Hall–Kier alpha value is -3.27. The van der Waals surface area contributed by atoms with E-state index < -0.39 is 5.54 Å². The summed E-state index contributed by atoms with van der Waals surface area (Å²) in [6.45, 7) is 7.05. The molecule has 0 fully saturated rings. The fourth-order valence-corrected chi connectivity index (χ4v) is 3.52. The maximum Gasteiger partial charge on any atom is 0.251 e. The number of hydrogen-bond acceptors (Lipinski definition) is 8. The van der Waals surface area contributed by atoms with Gasteiger partial charge >= 0.3 is 0 Å². The number of nitrogens with zero attached hydrogens (tertiary/aromatic N) is 5. The summed E-state index contributed by atoms with van der Waals surface area (Å²) in [7, 11) is 4.01. The van der Waals surface area contributed by atoms with Gasteiger partial charge in [-0.25, -0.2) is 0 Å². The van der Waals surface area contributed by atoms with Gasteiger partial charge in [0, 0.05) is 23.2 Å². The Morgan fingerprint density at radius 2 is 1.60 bits per heavy atom. The molecular weight excluding hydrogens is 442 g/mol. The lowest BCUT2D eigenvalue weighted by Gasteiger charge is -2.26. The largest absolute Gasteiger partial charge is 0.359 e. The average Bonchev–Trinajstić information content (AvgIpc) is 2.82. The van der Waals surface area contributed by atoms with E-state index in [0.717, 1.165) is 29.7 Å². The van der Waals surface area contributed by atoms with E-state index in [4.69, 9.17) is 10.5 Å². The van der Waals surface area contributed by atoms with Crippen molar-refractivity contribution in [2.75, 3.05) is 20.6 Å². The summed E-state index contributed by atoms with van der Waals surface area (Å²) in [5.74, 6) is 0.900. The first kappa shape index (κ1) is 26.3. The molecule has 0 radical (unpaired) electrons. The summed E-state index contributed by atoms with van der Waals surface area (Å²) >= 11 is 0. The molecule has 3 aromatic rings. The molecule has 3 rings (SSSR count). The van der Waals surface area contributed by atoms with Crippen LogP contribution in [-0.4, -0.2) is 63.6 Å². The lowest BCUT2D eigenvalue weighted by atomic mass is 9.93. The van der Waals surface area contributed by atoms with Crippen molar-refractivity contribution in [2.24, 2.45) is 5.73 Å². The van der Waals surface area contributed by atoms with Gasteiger partial charge in [0.25, 0.3) is 5.91 Å². The van der Waals surface area contributed by atoms with E-state index >= 15 is 0 Å². The van der Waals surface area contributed by atoms with Crippen molar-refractivity contribution in [1.29, 1.82) is 0 Å². The number of aryl methyl sites for hydroxylation is 1. The van der Waals surface area contributed by atoms with Crippen LogP contribution in [0.2, 0.25) is 0 Å². The zero-order chi connectivity index (χ0) is 25.4. The van der Waals surface area contributed by atoms with Gasteiger partial charge in [-0.3, -0.25) is 4.79 Å². The van der Waals surface area contributed by atoms with Crippen LogP contribution < -0.4 is 11.1 Å². The van der Waals surface area contributed by atoms with Crippen LogP contribution in [0, 0.1) is 6.92 Å². The molecule has 0 aliphatic carbocycles. The third-order valence-electron chi connectivity index (χ3n) is 5.43. The SMILES string of the molecule is Cc1nnc(-c2ccc(CC(C)(C)NC(=O)c3ccc(COC(N)CCN(C)C)cc3)cc2)nn1. The summed E-state index contributed by atoms with van der Waals surface area (Å²) in [5.41, 5.74) is 9.07. The second kappa shape index (κ2) is 11.9. The van der Waals surface area contributed by atoms with E-state index in [1.807, 2.05) is 76.5 Å². The third-order valence-corrected chi connectivity index (χ3v) is 5.43. The van der Waals surface area contributed by atoms with Gasteiger partial charge in [-0.05, 0) is 71.0 Å². The van der Waals surface area contributed by atoms with E-state index in [-0.39, 0.29) is 12.1 Å². The van der Waals surface area contributed by atoms with Crippen molar-refractivity contribution in [2.45, 2.75) is 52.0 Å². The number of hydrogen-bond donors (Lipinski definition) is 2. The Kier molecular flexibility index (Phi) is 8.97. The van der Waals surface area contributed by atoms with Crippen LogP contribution in [0.3, 0.4) is 0 Å². The predicted octanol–water partition coefficient (Wildman–Crippen LogP) is 2.75. The van der Waals surface area contributed by atoms with Crippen molar-refractivity contribution in [1.82, 2.24) is 30.6 Å². The predicted molar refractivity (Wildman–Crippen MR) is 135 cm³/mol. The van der Waals surface area contributed by atoms with Crippen LogP contribution in [0.25, 0.3) is 11.4 Å². The Morgan fingerprint density at radius 3 is 2.20 bits per heavy atom. The molecule has 0 saturated heterocycles. The van der Waals surface area contributed by atoms with E-state index in [1.165, 1.54) is 0 Å². The molecule has 1 amide bonds. The molecule has 0 saturated carbocycles. The minimum absolute atomic E-state index is 0.119. The maximum absolute atomic E-state index is 12.8. The Bertz CT molecular complexity index is 1080. The zero-order valence-electron chi connectivity index (χ0n) is 21.2. The maximum atomic E-state index is 12.8. The number of nitrogens with two attached hydrogens (primary N) is 1. The summed E-state index contributed by atoms with van der Waals surface area (Å²) < 4.78 is 5.70. The number of nitrogens with one attached hydrogen (secondary N) is 1. The van der Waals surface area contributed by atoms with Gasteiger partial charge in [0.15, 0.2) is 5.82 Å². The van der Waals surface area contributed by atoms with Crippen LogP contribution in [0.15, 0.2) is 48.5 Å². The van der Waals surface area contributed by atoms with E-state index in [9.17, 15) is 4.79 Å². The molecule has 0 aliphatic rings. The van der Waals surface area contributed by atoms with Gasteiger partial charge < -0.3 is 20.7 Å². The fourth-order valence-electron chi connectivity index (χ4n) is 3.52. The molecule has 1 aromatic heterocycles. The lowest BCUT2D eigenvalue weighted by Crippen LogP contribution is -2.45. The molecule has 0 aliphatic heterocycles. The quantitative estimate of drug-likeness (QED) is 0.405. The van der Waals surface area contributed by atoms with Crippen molar-refractivity contribution in [3.05, 3.63) is 71.0 Å². The van der Waals surface area contributed by atoms with E-state index in [1.54, 1.807) is 6.92 Å². The molecule has 1 unspecified atom stereocenters. The topological polar surface area (TPSA) is 119 Å². The van der Waals surface area contributed by atoms with E-state index in [2.05, 4.69) is 30.6 Å². The third kappa shape index (κ3) is 8.47. The van der Waals surface area contributed by atoms with Gasteiger partial charge in [-0.2, -0.15) is 0 Å². The molecule has 9 heteroatoms. The highest BCUT2D eigenvalue weighted by molar-refractivity contribution is 5.94. The normalized spacial score (nSPS) is 12.5. The summed E-state index contributed by atoms with van der Waals surface area (Å²) in [4.78, 5) is 14.9. The van der Waals surface area contributed by atoms with Gasteiger partial charge in [0.2, 0.25) is 5.82 Å². The molecule has 186 valence electrons. The van der Waals surface area contributed by atoms with Gasteiger partial charge in [-0.15, -0.1) is 20.4 Å². The number of benzene rings is 2. The second-order valence-electron chi connectivity index (χ2n) is 9.62. The van der Waals surface area contributed by atoms with Crippen molar-refractivity contribution in [3.8, 4) is 11.4 Å². The molecule has 3 N–H and O–H groups in total. The standard InChI is InChI=1S/C26H35N7O2/c1-18-29-31-24(32-30-18)21-10-6-19(7-11-21)16-26(2,3)28-25(34)22-12-8-20(9-13-22)17-35-23(27)14-15-33(4)5/h6-13,23H,14-17,27H2,1-5H3,(H,28,34). The molecule has 35 heavy (non-hydrogen) atoms. The second-order valence-corrected chi connectivity index (χ2v) is 9.62. The fraction of sp³-hybridized carbons (Fsp3) is 0.423. The highest BCUT2D eigenvalue weighted by atomic mass is 16.5. The molecule has 0 spiro atoms. The highest BCUT2D eigenvalue weighted by Gasteiger charge is 2.22.